The number of nitrogens with one attached hydrogen (secondary N) is 1. The van der Waals surface area contributed by atoms with Crippen molar-refractivity contribution < 1.29 is 4.79 Å². The number of piperidine rings is 1. The van der Waals surface area contributed by atoms with E-state index >= 15 is 0 Å². The first kappa shape index (κ1) is 19.5. The fraction of sp³-hybridized carbons (Fsp3) is 0.250. The van der Waals surface area contributed by atoms with Crippen LogP contribution in [-0.2, 0) is 10.3 Å². The van der Waals surface area contributed by atoms with Crippen molar-refractivity contribution in [3.8, 4) is 0 Å². The van der Waals surface area contributed by atoms with Crippen molar-refractivity contribution in [1.29, 1.82) is 0 Å². The van der Waals surface area contributed by atoms with Gasteiger partial charge in [-0.3, -0.25) is 9.78 Å². The number of carbonyl (C=O) groups excluding carboxylic acids is 1. The summed E-state index contributed by atoms with van der Waals surface area (Å²) in [7, 11) is 0. The Morgan fingerprint density at radius 1 is 1.21 bits per heavy atom. The predicted molar refractivity (Wildman–Crippen MR) is 119 cm³/mol. The van der Waals surface area contributed by atoms with Crippen molar-refractivity contribution in [1.82, 2.24) is 9.88 Å². The molecule has 1 aliphatic heterocycles. The molecule has 4 rings (SSSR count). The van der Waals surface area contributed by atoms with Crippen molar-refractivity contribution in [2.45, 2.75) is 25.3 Å². The number of hydrogen-bond donors (Lipinski definition) is 1. The number of anilines is 1. The third-order valence-electron chi connectivity index (χ3n) is 5.88. The highest BCUT2D eigenvalue weighted by Gasteiger charge is 2.38. The molecule has 29 heavy (non-hydrogen) atoms. The third-order valence-corrected chi connectivity index (χ3v) is 6.29. The van der Waals surface area contributed by atoms with Crippen LogP contribution in [0.5, 0.6) is 0 Å². The summed E-state index contributed by atoms with van der Waals surface area (Å²) in [6, 6.07) is 16.3. The molecule has 2 aromatic carbocycles. The number of benzene rings is 2. The van der Waals surface area contributed by atoms with Gasteiger partial charge in [-0.25, -0.2) is 0 Å². The number of aromatic nitrogens is 1. The molecular formula is C24H24ClN3O. The number of hydrogen-bond acceptors (Lipinski definition) is 3. The molecule has 1 saturated heterocycles. The summed E-state index contributed by atoms with van der Waals surface area (Å²) in [5.41, 5.74) is 3.91. The Bertz CT molecular complexity index is 1070. The van der Waals surface area contributed by atoms with Gasteiger partial charge >= 0.3 is 0 Å². The summed E-state index contributed by atoms with van der Waals surface area (Å²) in [5.74, 6) is -0.0173. The van der Waals surface area contributed by atoms with E-state index in [1.807, 2.05) is 29.3 Å². The number of nitrogens with zero attached hydrogens (tertiary/aromatic N) is 2. The minimum absolute atomic E-state index is 0.0173. The lowest BCUT2D eigenvalue weighted by Gasteiger charge is -2.44. The molecular weight excluding hydrogens is 382 g/mol. The monoisotopic (exact) mass is 405 g/mol. The average Bonchev–Trinajstić information content (AvgIpc) is 2.75. The maximum atomic E-state index is 12.1. The summed E-state index contributed by atoms with van der Waals surface area (Å²) in [5, 5.41) is 5.65. The van der Waals surface area contributed by atoms with Gasteiger partial charge in [0.25, 0.3) is 0 Å². The third kappa shape index (κ3) is 3.73. The van der Waals surface area contributed by atoms with Gasteiger partial charge in [-0.15, -0.1) is 0 Å². The molecule has 0 atom stereocenters. The highest BCUT2D eigenvalue weighted by Crippen LogP contribution is 2.40. The minimum Gasteiger partial charge on any atom is -0.375 e. The Morgan fingerprint density at radius 3 is 2.76 bits per heavy atom. The van der Waals surface area contributed by atoms with Crippen LogP contribution < -0.4 is 5.32 Å². The second-order valence-electron chi connectivity index (χ2n) is 7.56. The van der Waals surface area contributed by atoms with Crippen LogP contribution in [0.1, 0.15) is 24.0 Å². The van der Waals surface area contributed by atoms with Crippen LogP contribution in [0.25, 0.3) is 10.9 Å². The molecule has 0 aliphatic carbocycles. The van der Waals surface area contributed by atoms with Crippen molar-refractivity contribution in [2.24, 2.45) is 0 Å². The Kier molecular flexibility index (Phi) is 5.29. The van der Waals surface area contributed by atoms with Crippen molar-refractivity contribution in [3.05, 3.63) is 83.5 Å². The van der Waals surface area contributed by atoms with Crippen LogP contribution in [0.3, 0.4) is 0 Å². The predicted octanol–water partition coefficient (Wildman–Crippen LogP) is 5.31. The smallest absolute Gasteiger partial charge is 0.245 e. The topological polar surface area (TPSA) is 45.2 Å². The van der Waals surface area contributed by atoms with E-state index in [-0.39, 0.29) is 11.4 Å². The molecule has 0 bridgehead atoms. The Morgan fingerprint density at radius 2 is 2.00 bits per heavy atom. The van der Waals surface area contributed by atoms with E-state index in [1.165, 1.54) is 11.6 Å². The van der Waals surface area contributed by atoms with Gasteiger partial charge < -0.3 is 10.2 Å². The maximum Gasteiger partial charge on any atom is 0.245 e. The van der Waals surface area contributed by atoms with Gasteiger partial charge in [0.2, 0.25) is 5.91 Å². The molecule has 5 heteroatoms. The van der Waals surface area contributed by atoms with Gasteiger partial charge in [0.1, 0.15) is 0 Å². The van der Waals surface area contributed by atoms with E-state index < -0.39 is 0 Å². The number of halogens is 1. The number of likely N-dealkylation sites (tertiary alicyclic amines) is 1. The summed E-state index contributed by atoms with van der Waals surface area (Å²) in [6.07, 6.45) is 4.77. The van der Waals surface area contributed by atoms with Crippen LogP contribution in [0.15, 0.2) is 67.4 Å². The molecule has 2 heterocycles. The lowest BCUT2D eigenvalue weighted by atomic mass is 9.78. The minimum atomic E-state index is -0.310. The zero-order valence-electron chi connectivity index (χ0n) is 16.5. The second-order valence-corrected chi connectivity index (χ2v) is 7.97. The van der Waals surface area contributed by atoms with Crippen LogP contribution in [0.2, 0.25) is 5.02 Å². The van der Waals surface area contributed by atoms with Gasteiger partial charge in [0.05, 0.1) is 11.1 Å². The lowest BCUT2D eigenvalue weighted by Crippen LogP contribution is -2.49. The summed E-state index contributed by atoms with van der Waals surface area (Å²) in [6.45, 7) is 7.01. The number of fused-ring (bicyclic) bond motifs is 1. The Balaban J connectivity index is 1.73. The van der Waals surface area contributed by atoms with E-state index in [9.17, 15) is 4.79 Å². The fourth-order valence-corrected chi connectivity index (χ4v) is 4.42. The van der Waals surface area contributed by atoms with Gasteiger partial charge in [0, 0.05) is 35.4 Å². The van der Waals surface area contributed by atoms with E-state index in [2.05, 4.69) is 54.1 Å². The standard InChI is InChI=1S/C24H24ClN3O/c1-3-23(29)28-14-11-24(12-15-28,20-7-4-8-21(25)17(20)2)27-19-10-9-18-6-5-13-26-22(18)16-19/h3-10,13,16,27H,1,11-12,14-15H2,2H3. The molecule has 1 N–H and O–H groups in total. The van der Waals surface area contributed by atoms with Gasteiger partial charge in [-0.1, -0.05) is 42.4 Å². The van der Waals surface area contributed by atoms with Gasteiger partial charge in [0.15, 0.2) is 0 Å². The second kappa shape index (κ2) is 7.88. The van der Waals surface area contributed by atoms with E-state index in [4.69, 9.17) is 11.6 Å². The quantitative estimate of drug-likeness (QED) is 0.598. The molecule has 1 amide bonds. The molecule has 1 fully saturated rings. The molecule has 0 saturated carbocycles. The van der Waals surface area contributed by atoms with Gasteiger partial charge in [-0.2, -0.15) is 0 Å². The Labute approximate surface area is 176 Å². The maximum absolute atomic E-state index is 12.1. The average molecular weight is 406 g/mol. The van der Waals surface area contributed by atoms with Crippen molar-refractivity contribution in [2.75, 3.05) is 18.4 Å². The number of pyridine rings is 1. The largest absolute Gasteiger partial charge is 0.375 e. The molecule has 0 spiro atoms. The van der Waals surface area contributed by atoms with Crippen LogP contribution in [0, 0.1) is 6.92 Å². The van der Waals surface area contributed by atoms with Crippen LogP contribution >= 0.6 is 11.6 Å². The SMILES string of the molecule is C=CC(=O)N1CCC(Nc2ccc3cccnc3c2)(c2cccc(Cl)c2C)CC1. The fourth-order valence-electron chi connectivity index (χ4n) is 4.25. The molecule has 1 aromatic heterocycles. The first-order chi connectivity index (χ1) is 14.0. The number of rotatable bonds is 4. The summed E-state index contributed by atoms with van der Waals surface area (Å²) in [4.78, 5) is 18.4. The van der Waals surface area contributed by atoms with E-state index in [0.717, 1.165) is 40.0 Å². The zero-order chi connectivity index (χ0) is 20.4. The first-order valence-electron chi connectivity index (χ1n) is 9.82. The molecule has 0 unspecified atom stereocenters. The lowest BCUT2D eigenvalue weighted by molar-refractivity contribution is -0.127. The molecule has 3 aromatic rings. The van der Waals surface area contributed by atoms with E-state index in [1.54, 1.807) is 0 Å². The highest BCUT2D eigenvalue weighted by molar-refractivity contribution is 6.31. The molecule has 148 valence electrons. The van der Waals surface area contributed by atoms with Crippen molar-refractivity contribution in [3.63, 3.8) is 0 Å². The van der Waals surface area contributed by atoms with Crippen LogP contribution in [-0.4, -0.2) is 28.9 Å². The summed E-state index contributed by atoms with van der Waals surface area (Å²) >= 11 is 6.46. The molecule has 4 nitrogen and oxygen atoms in total. The summed E-state index contributed by atoms with van der Waals surface area (Å²) < 4.78 is 0. The van der Waals surface area contributed by atoms with E-state index in [0.29, 0.717) is 13.1 Å². The van der Waals surface area contributed by atoms with Gasteiger partial charge in [-0.05, 0) is 61.2 Å². The highest BCUT2D eigenvalue weighted by atomic mass is 35.5. The first-order valence-corrected chi connectivity index (χ1v) is 10.2. The molecule has 0 radical (unpaired) electrons. The Hall–Kier alpha value is -2.85. The number of amides is 1. The van der Waals surface area contributed by atoms with Crippen LogP contribution in [0.4, 0.5) is 5.69 Å². The molecule has 1 aliphatic rings. The zero-order valence-corrected chi connectivity index (χ0v) is 17.2. The number of carbonyl (C=O) groups is 1. The van der Waals surface area contributed by atoms with Crippen molar-refractivity contribution >= 4 is 34.1 Å². The normalized spacial score (nSPS) is 15.9.